The van der Waals surface area contributed by atoms with Gasteiger partial charge in [0.25, 0.3) is 5.91 Å². The zero-order chi connectivity index (χ0) is 24.6. The first-order valence-electron chi connectivity index (χ1n) is 10.8. The van der Waals surface area contributed by atoms with Crippen LogP contribution in [0.15, 0.2) is 71.9 Å². The van der Waals surface area contributed by atoms with Crippen LogP contribution in [0.25, 0.3) is 0 Å². The molecule has 4 rings (SSSR count). The third-order valence-electron chi connectivity index (χ3n) is 5.00. The SMILES string of the molecule is CC(NC(=O)COC(=O)c1cccnc1SCC(=O)Nc1ccc2c(c1)OCO2)c1ccccc1. The number of hydrogen-bond donors (Lipinski definition) is 2. The number of pyridine rings is 1. The Hall–Kier alpha value is -4.05. The molecule has 3 aromatic rings. The number of rotatable bonds is 9. The van der Waals surface area contributed by atoms with Gasteiger partial charge in [0.15, 0.2) is 18.1 Å². The maximum Gasteiger partial charge on any atom is 0.341 e. The average molecular weight is 494 g/mol. The predicted octanol–water partition coefficient (Wildman–Crippen LogP) is 3.58. The molecule has 0 aliphatic carbocycles. The first-order valence-corrected chi connectivity index (χ1v) is 11.8. The van der Waals surface area contributed by atoms with Crippen molar-refractivity contribution in [3.8, 4) is 11.5 Å². The van der Waals surface area contributed by atoms with Crippen molar-refractivity contribution in [1.29, 1.82) is 0 Å². The summed E-state index contributed by atoms with van der Waals surface area (Å²) in [4.78, 5) is 41.4. The molecule has 2 amide bonds. The van der Waals surface area contributed by atoms with Gasteiger partial charge in [0, 0.05) is 18.0 Å². The van der Waals surface area contributed by atoms with Gasteiger partial charge in [0.05, 0.1) is 17.4 Å². The topological polar surface area (TPSA) is 116 Å². The molecule has 1 unspecified atom stereocenters. The monoisotopic (exact) mass is 493 g/mol. The molecule has 1 aromatic heterocycles. The van der Waals surface area contributed by atoms with Crippen LogP contribution in [0.1, 0.15) is 28.9 Å². The van der Waals surface area contributed by atoms with Gasteiger partial charge in [0.2, 0.25) is 12.7 Å². The van der Waals surface area contributed by atoms with Crippen molar-refractivity contribution >= 4 is 35.2 Å². The van der Waals surface area contributed by atoms with Gasteiger partial charge >= 0.3 is 5.97 Å². The molecule has 0 spiro atoms. The highest BCUT2D eigenvalue weighted by Crippen LogP contribution is 2.34. The van der Waals surface area contributed by atoms with E-state index in [9.17, 15) is 14.4 Å². The molecule has 0 bridgehead atoms. The minimum Gasteiger partial charge on any atom is -0.454 e. The molecule has 2 aromatic carbocycles. The number of fused-ring (bicyclic) bond motifs is 1. The standard InChI is InChI=1S/C25H23N3O6S/c1-16(17-6-3-2-4-7-17)27-22(29)13-32-25(31)19-8-5-11-26-24(19)35-14-23(30)28-18-9-10-20-21(12-18)34-15-33-20/h2-12,16H,13-15H2,1H3,(H,27,29)(H,28,30). The average Bonchev–Trinajstić information content (AvgIpc) is 3.35. The molecule has 0 fully saturated rings. The lowest BCUT2D eigenvalue weighted by Gasteiger charge is -2.14. The van der Waals surface area contributed by atoms with E-state index in [4.69, 9.17) is 14.2 Å². The number of nitrogens with one attached hydrogen (secondary N) is 2. The maximum atomic E-state index is 12.6. The van der Waals surface area contributed by atoms with E-state index in [0.717, 1.165) is 17.3 Å². The summed E-state index contributed by atoms with van der Waals surface area (Å²) >= 11 is 1.09. The summed E-state index contributed by atoms with van der Waals surface area (Å²) < 4.78 is 15.7. The second kappa shape index (κ2) is 11.4. The summed E-state index contributed by atoms with van der Waals surface area (Å²) in [5, 5.41) is 5.89. The quantitative estimate of drug-likeness (QED) is 0.343. The van der Waals surface area contributed by atoms with Crippen LogP contribution < -0.4 is 20.1 Å². The predicted molar refractivity (Wildman–Crippen MR) is 129 cm³/mol. The highest BCUT2D eigenvalue weighted by molar-refractivity contribution is 8.00. The van der Waals surface area contributed by atoms with Gasteiger partial charge in [0.1, 0.15) is 5.03 Å². The highest BCUT2D eigenvalue weighted by Gasteiger charge is 2.18. The van der Waals surface area contributed by atoms with E-state index in [1.165, 1.54) is 12.3 Å². The van der Waals surface area contributed by atoms with Crippen LogP contribution in [-0.4, -0.2) is 41.9 Å². The van der Waals surface area contributed by atoms with Gasteiger partial charge < -0.3 is 24.8 Å². The van der Waals surface area contributed by atoms with Crippen LogP contribution in [0.4, 0.5) is 5.69 Å². The fourth-order valence-electron chi connectivity index (χ4n) is 3.28. The third kappa shape index (κ3) is 6.51. The van der Waals surface area contributed by atoms with Crippen molar-refractivity contribution in [1.82, 2.24) is 10.3 Å². The van der Waals surface area contributed by atoms with Crippen molar-refractivity contribution in [3.05, 3.63) is 78.0 Å². The number of esters is 1. The Morgan fingerprint density at radius 2 is 1.83 bits per heavy atom. The molecule has 1 atom stereocenters. The fraction of sp³-hybridized carbons (Fsp3) is 0.200. The van der Waals surface area contributed by atoms with E-state index < -0.39 is 18.5 Å². The van der Waals surface area contributed by atoms with Gasteiger partial charge in [-0.25, -0.2) is 9.78 Å². The van der Waals surface area contributed by atoms with E-state index in [0.29, 0.717) is 22.2 Å². The molecule has 2 N–H and O–H groups in total. The van der Waals surface area contributed by atoms with Gasteiger partial charge in [-0.05, 0) is 36.8 Å². The molecule has 0 saturated heterocycles. The molecule has 1 aliphatic heterocycles. The smallest absolute Gasteiger partial charge is 0.341 e. The molecule has 9 nitrogen and oxygen atoms in total. The van der Waals surface area contributed by atoms with Crippen molar-refractivity contribution in [2.75, 3.05) is 24.5 Å². The summed E-state index contributed by atoms with van der Waals surface area (Å²) in [5.41, 5.74) is 1.69. The summed E-state index contributed by atoms with van der Waals surface area (Å²) in [5.74, 6) is -0.200. The van der Waals surface area contributed by atoms with Crippen LogP contribution in [0, 0.1) is 0 Å². The van der Waals surface area contributed by atoms with E-state index in [2.05, 4.69) is 15.6 Å². The molecule has 0 radical (unpaired) electrons. The van der Waals surface area contributed by atoms with E-state index in [1.54, 1.807) is 24.3 Å². The minimum atomic E-state index is -0.695. The van der Waals surface area contributed by atoms with Crippen LogP contribution in [-0.2, 0) is 14.3 Å². The number of carbonyl (C=O) groups excluding carboxylic acids is 3. The number of hydrogen-bond acceptors (Lipinski definition) is 8. The number of anilines is 1. The van der Waals surface area contributed by atoms with Crippen LogP contribution >= 0.6 is 11.8 Å². The molecule has 2 heterocycles. The molecule has 180 valence electrons. The van der Waals surface area contributed by atoms with E-state index in [1.807, 2.05) is 37.3 Å². The Morgan fingerprint density at radius 1 is 1.03 bits per heavy atom. The first kappa shape index (κ1) is 24.1. The largest absolute Gasteiger partial charge is 0.454 e. The number of thioether (sulfide) groups is 1. The molecule has 10 heteroatoms. The lowest BCUT2D eigenvalue weighted by molar-refractivity contribution is -0.124. The van der Waals surface area contributed by atoms with Crippen LogP contribution in [0.2, 0.25) is 0 Å². The summed E-state index contributed by atoms with van der Waals surface area (Å²) in [6, 6.07) is 17.5. The Balaban J connectivity index is 1.28. The second-order valence-electron chi connectivity index (χ2n) is 7.54. The van der Waals surface area contributed by atoms with Crippen molar-refractivity contribution in [3.63, 3.8) is 0 Å². The molecular formula is C25H23N3O6S. The van der Waals surface area contributed by atoms with Crippen molar-refractivity contribution in [2.45, 2.75) is 18.0 Å². The normalized spacial score (nSPS) is 12.5. The Kier molecular flexibility index (Phi) is 7.84. The second-order valence-corrected chi connectivity index (χ2v) is 8.50. The fourth-order valence-corrected chi connectivity index (χ4v) is 4.07. The zero-order valence-electron chi connectivity index (χ0n) is 18.9. The lowest BCUT2D eigenvalue weighted by atomic mass is 10.1. The molecule has 1 aliphatic rings. The van der Waals surface area contributed by atoms with Crippen molar-refractivity contribution in [2.24, 2.45) is 0 Å². The third-order valence-corrected chi connectivity index (χ3v) is 6.00. The summed E-state index contributed by atoms with van der Waals surface area (Å²) in [6.45, 7) is 1.56. The number of carbonyl (C=O) groups is 3. The highest BCUT2D eigenvalue weighted by atomic mass is 32.2. The van der Waals surface area contributed by atoms with Gasteiger partial charge in [-0.3, -0.25) is 9.59 Å². The Morgan fingerprint density at radius 3 is 2.66 bits per heavy atom. The Labute approximate surface area is 206 Å². The van der Waals surface area contributed by atoms with E-state index >= 15 is 0 Å². The molecule has 35 heavy (non-hydrogen) atoms. The number of amides is 2. The molecule has 0 saturated carbocycles. The van der Waals surface area contributed by atoms with Crippen molar-refractivity contribution < 1.29 is 28.6 Å². The zero-order valence-corrected chi connectivity index (χ0v) is 19.7. The molecular weight excluding hydrogens is 470 g/mol. The Bertz CT molecular complexity index is 1220. The lowest BCUT2D eigenvalue weighted by Crippen LogP contribution is -2.31. The van der Waals surface area contributed by atoms with Gasteiger partial charge in [-0.2, -0.15) is 0 Å². The summed E-state index contributed by atoms with van der Waals surface area (Å²) in [6.07, 6.45) is 1.52. The van der Waals surface area contributed by atoms with Gasteiger partial charge in [-0.15, -0.1) is 0 Å². The van der Waals surface area contributed by atoms with Crippen LogP contribution in [0.5, 0.6) is 11.5 Å². The number of nitrogens with zero attached hydrogens (tertiary/aromatic N) is 1. The van der Waals surface area contributed by atoms with Gasteiger partial charge in [-0.1, -0.05) is 42.1 Å². The number of aromatic nitrogens is 1. The summed E-state index contributed by atoms with van der Waals surface area (Å²) in [7, 11) is 0. The number of benzene rings is 2. The van der Waals surface area contributed by atoms with Crippen LogP contribution in [0.3, 0.4) is 0 Å². The minimum absolute atomic E-state index is 0.0147. The maximum absolute atomic E-state index is 12.6. The first-order chi connectivity index (χ1) is 17.0. The van der Waals surface area contributed by atoms with E-state index in [-0.39, 0.29) is 30.1 Å². The number of ether oxygens (including phenoxy) is 3.